The molecule has 4 nitrogen and oxygen atoms in total. The topological polar surface area (TPSA) is 49.6 Å². The first-order valence-corrected chi connectivity index (χ1v) is 5.96. The highest BCUT2D eigenvalue weighted by Crippen LogP contribution is 2.13. The molecule has 0 spiro atoms. The van der Waals surface area contributed by atoms with Gasteiger partial charge in [-0.25, -0.2) is 4.98 Å². The van der Waals surface area contributed by atoms with Gasteiger partial charge in [-0.1, -0.05) is 0 Å². The highest BCUT2D eigenvalue weighted by molar-refractivity contribution is 9.10. The molecule has 2 aromatic rings. The van der Waals surface area contributed by atoms with E-state index in [9.17, 15) is 0 Å². The van der Waals surface area contributed by atoms with Gasteiger partial charge in [0.15, 0.2) is 0 Å². The van der Waals surface area contributed by atoms with Crippen LogP contribution in [0, 0.1) is 0 Å². The molecule has 0 unspecified atom stereocenters. The lowest BCUT2D eigenvalue weighted by Gasteiger charge is -2.06. The summed E-state index contributed by atoms with van der Waals surface area (Å²) in [7, 11) is 0. The highest BCUT2D eigenvalue weighted by Gasteiger charge is 2.03. The van der Waals surface area contributed by atoms with Crippen LogP contribution in [0.4, 0.5) is 0 Å². The van der Waals surface area contributed by atoms with Crippen LogP contribution in [0.3, 0.4) is 0 Å². The maximum atomic E-state index is 9.15. The van der Waals surface area contributed by atoms with Crippen molar-refractivity contribution in [1.29, 1.82) is 0 Å². The molecule has 5 heteroatoms. The highest BCUT2D eigenvalue weighted by atomic mass is 79.9. The lowest BCUT2D eigenvalue weighted by Crippen LogP contribution is -2.24. The third kappa shape index (κ3) is 2.61. The zero-order valence-electron chi connectivity index (χ0n) is 9.02. The maximum Gasteiger partial charge on any atom is 0.136 e. The predicted molar refractivity (Wildman–Crippen MR) is 66.3 cm³/mol. The van der Waals surface area contributed by atoms with Gasteiger partial charge < -0.3 is 14.8 Å². The van der Waals surface area contributed by atoms with Crippen LogP contribution in [0.2, 0.25) is 0 Å². The number of hydrogen-bond acceptors (Lipinski definition) is 3. The van der Waals surface area contributed by atoms with Crippen molar-refractivity contribution in [2.24, 2.45) is 0 Å². The molecular weight excluding hydrogens is 270 g/mol. The average molecular weight is 284 g/mol. The molecule has 1 atom stereocenters. The Bertz CT molecular complexity index is 481. The molecule has 0 amide bonds. The molecule has 16 heavy (non-hydrogen) atoms. The van der Waals surface area contributed by atoms with Crippen molar-refractivity contribution in [2.75, 3.05) is 6.54 Å². The zero-order chi connectivity index (χ0) is 11.5. The third-order valence-electron chi connectivity index (χ3n) is 2.29. The fourth-order valence-electron chi connectivity index (χ4n) is 1.55. The first-order valence-electron chi connectivity index (χ1n) is 5.17. The molecule has 0 saturated heterocycles. The molecule has 2 N–H and O–H groups in total. The van der Waals surface area contributed by atoms with Crippen LogP contribution < -0.4 is 5.32 Å². The van der Waals surface area contributed by atoms with Gasteiger partial charge >= 0.3 is 0 Å². The van der Waals surface area contributed by atoms with E-state index >= 15 is 0 Å². The summed E-state index contributed by atoms with van der Waals surface area (Å²) in [5.74, 6) is 0. The van der Waals surface area contributed by atoms with Gasteiger partial charge in [0, 0.05) is 23.8 Å². The molecule has 0 saturated carbocycles. The Kier molecular flexibility index (Phi) is 3.58. The van der Waals surface area contributed by atoms with Crippen molar-refractivity contribution in [1.82, 2.24) is 14.7 Å². The van der Waals surface area contributed by atoms with Crippen LogP contribution in [-0.2, 0) is 6.54 Å². The van der Waals surface area contributed by atoms with E-state index in [2.05, 4.69) is 26.2 Å². The fourth-order valence-corrected chi connectivity index (χ4v) is 1.88. The normalized spacial score (nSPS) is 13.2. The van der Waals surface area contributed by atoms with Crippen LogP contribution >= 0.6 is 15.9 Å². The van der Waals surface area contributed by atoms with E-state index in [0.717, 1.165) is 15.8 Å². The van der Waals surface area contributed by atoms with Gasteiger partial charge in [-0.2, -0.15) is 0 Å². The molecular formula is C11H14BrN3O. The SMILES string of the molecule is C[C@@H](O)CNCc1cnc2ccc(Br)cn12. The molecule has 86 valence electrons. The Balaban J connectivity index is 2.15. The molecule has 0 aliphatic heterocycles. The maximum absolute atomic E-state index is 9.15. The van der Waals surface area contributed by atoms with Crippen molar-refractivity contribution < 1.29 is 5.11 Å². The molecule has 0 radical (unpaired) electrons. The summed E-state index contributed by atoms with van der Waals surface area (Å²) < 4.78 is 3.05. The van der Waals surface area contributed by atoms with Gasteiger partial charge in [0.1, 0.15) is 5.65 Å². The summed E-state index contributed by atoms with van der Waals surface area (Å²) in [5, 5.41) is 12.3. The minimum Gasteiger partial charge on any atom is -0.392 e. The number of nitrogens with zero attached hydrogens (tertiary/aromatic N) is 2. The van der Waals surface area contributed by atoms with E-state index in [1.807, 2.05) is 28.9 Å². The van der Waals surface area contributed by atoms with Gasteiger partial charge in [-0.05, 0) is 35.0 Å². The van der Waals surface area contributed by atoms with E-state index in [1.54, 1.807) is 6.92 Å². The summed E-state index contributed by atoms with van der Waals surface area (Å²) in [6.07, 6.45) is 3.50. The third-order valence-corrected chi connectivity index (χ3v) is 2.76. The quantitative estimate of drug-likeness (QED) is 0.896. The molecule has 2 heterocycles. The minimum absolute atomic E-state index is 0.328. The molecule has 2 aromatic heterocycles. The second-order valence-electron chi connectivity index (χ2n) is 3.80. The van der Waals surface area contributed by atoms with Crippen LogP contribution in [0.1, 0.15) is 12.6 Å². The number of rotatable bonds is 4. The monoisotopic (exact) mass is 283 g/mol. The Morgan fingerprint density at radius 1 is 1.56 bits per heavy atom. The van der Waals surface area contributed by atoms with E-state index in [-0.39, 0.29) is 6.10 Å². The lowest BCUT2D eigenvalue weighted by molar-refractivity contribution is 0.191. The summed E-state index contributed by atoms with van der Waals surface area (Å²) in [4.78, 5) is 4.30. The second kappa shape index (κ2) is 4.95. The smallest absolute Gasteiger partial charge is 0.136 e. The standard InChI is InChI=1S/C11H14BrN3O/c1-8(16)4-13-5-10-6-14-11-3-2-9(12)7-15(10)11/h2-3,6-8,13,16H,4-5H2,1H3/t8-/m1/s1. The number of hydrogen-bond donors (Lipinski definition) is 2. The fraction of sp³-hybridized carbons (Fsp3) is 0.364. The zero-order valence-corrected chi connectivity index (χ0v) is 10.6. The first-order chi connectivity index (χ1) is 7.66. The first kappa shape index (κ1) is 11.6. The minimum atomic E-state index is -0.328. The Labute approximate surface area is 102 Å². The van der Waals surface area contributed by atoms with Crippen LogP contribution in [-0.4, -0.2) is 27.1 Å². The Morgan fingerprint density at radius 2 is 2.38 bits per heavy atom. The second-order valence-corrected chi connectivity index (χ2v) is 4.72. The predicted octanol–water partition coefficient (Wildman–Crippen LogP) is 1.57. The number of aliphatic hydroxyl groups is 1. The Morgan fingerprint density at radius 3 is 3.12 bits per heavy atom. The van der Waals surface area contributed by atoms with Crippen LogP contribution in [0.25, 0.3) is 5.65 Å². The van der Waals surface area contributed by atoms with Gasteiger partial charge in [-0.3, -0.25) is 0 Å². The molecule has 0 bridgehead atoms. The van der Waals surface area contributed by atoms with Gasteiger partial charge in [0.05, 0.1) is 18.0 Å². The number of imidazole rings is 1. The molecule has 0 fully saturated rings. The molecule has 0 aromatic carbocycles. The number of aliphatic hydroxyl groups excluding tert-OH is 1. The van der Waals surface area contributed by atoms with Gasteiger partial charge in [0.2, 0.25) is 0 Å². The largest absolute Gasteiger partial charge is 0.392 e. The molecule has 0 aliphatic rings. The van der Waals surface area contributed by atoms with E-state index in [4.69, 9.17) is 5.11 Å². The lowest BCUT2D eigenvalue weighted by atomic mass is 10.4. The van der Waals surface area contributed by atoms with E-state index < -0.39 is 0 Å². The van der Waals surface area contributed by atoms with Crippen molar-refractivity contribution in [2.45, 2.75) is 19.6 Å². The number of fused-ring (bicyclic) bond motifs is 1. The summed E-state index contributed by atoms with van der Waals surface area (Å²) in [6, 6.07) is 3.93. The number of halogens is 1. The molecule has 0 aliphatic carbocycles. The van der Waals surface area contributed by atoms with E-state index in [1.165, 1.54) is 0 Å². The molecule has 2 rings (SSSR count). The van der Waals surface area contributed by atoms with Crippen molar-refractivity contribution in [3.63, 3.8) is 0 Å². The number of aromatic nitrogens is 2. The van der Waals surface area contributed by atoms with Crippen molar-refractivity contribution in [3.8, 4) is 0 Å². The van der Waals surface area contributed by atoms with Crippen molar-refractivity contribution >= 4 is 21.6 Å². The van der Waals surface area contributed by atoms with E-state index in [0.29, 0.717) is 13.1 Å². The number of pyridine rings is 1. The van der Waals surface area contributed by atoms with Gasteiger partial charge in [-0.15, -0.1) is 0 Å². The van der Waals surface area contributed by atoms with Crippen LogP contribution in [0.15, 0.2) is 29.0 Å². The summed E-state index contributed by atoms with van der Waals surface area (Å²) in [5.41, 5.74) is 2.01. The summed E-state index contributed by atoms with van der Waals surface area (Å²) >= 11 is 3.43. The average Bonchev–Trinajstić information content (AvgIpc) is 2.60. The Hall–Kier alpha value is -0.910. The number of nitrogens with one attached hydrogen (secondary N) is 1. The van der Waals surface area contributed by atoms with Gasteiger partial charge in [0.25, 0.3) is 0 Å². The van der Waals surface area contributed by atoms with Crippen LogP contribution in [0.5, 0.6) is 0 Å². The summed E-state index contributed by atoms with van der Waals surface area (Å²) in [6.45, 7) is 3.04. The van der Waals surface area contributed by atoms with Crippen molar-refractivity contribution in [3.05, 3.63) is 34.7 Å².